The number of halogens is 4. The number of nitrogens with one attached hydrogen (secondary N) is 2. The summed E-state index contributed by atoms with van der Waals surface area (Å²) in [6, 6.07) is 5.57. The van der Waals surface area contributed by atoms with Crippen molar-refractivity contribution in [3.05, 3.63) is 52.2 Å². The predicted molar refractivity (Wildman–Crippen MR) is 107 cm³/mol. The average Bonchev–Trinajstić information content (AvgIpc) is 3.08. The van der Waals surface area contributed by atoms with Gasteiger partial charge in [-0.25, -0.2) is 13.4 Å². The van der Waals surface area contributed by atoms with Crippen molar-refractivity contribution in [3.63, 3.8) is 0 Å². The van der Waals surface area contributed by atoms with E-state index in [4.69, 9.17) is 11.6 Å². The van der Waals surface area contributed by atoms with E-state index in [1.165, 1.54) is 4.31 Å². The van der Waals surface area contributed by atoms with Crippen LogP contribution in [-0.4, -0.2) is 45.2 Å². The monoisotopic (exact) mass is 462 g/mol. The minimum atomic E-state index is -4.53. The zero-order valence-electron chi connectivity index (χ0n) is 15.8. The molecule has 0 saturated carbocycles. The highest BCUT2D eigenvalue weighted by Crippen LogP contribution is 2.32. The molecule has 7 nitrogen and oxygen atoms in total. The number of alkyl halides is 3. The van der Waals surface area contributed by atoms with Crippen molar-refractivity contribution in [2.24, 2.45) is 0 Å². The van der Waals surface area contributed by atoms with Gasteiger partial charge in [-0.3, -0.25) is 9.10 Å². The van der Waals surface area contributed by atoms with Gasteiger partial charge in [0.2, 0.25) is 10.0 Å². The maximum absolute atomic E-state index is 12.6. The van der Waals surface area contributed by atoms with Gasteiger partial charge in [0.25, 0.3) is 5.91 Å². The van der Waals surface area contributed by atoms with Crippen molar-refractivity contribution in [1.82, 2.24) is 10.3 Å². The minimum absolute atomic E-state index is 0.0808. The fourth-order valence-electron chi connectivity index (χ4n) is 3.04. The topological polar surface area (TPSA) is 91.4 Å². The van der Waals surface area contributed by atoms with Gasteiger partial charge in [0.05, 0.1) is 22.5 Å². The van der Waals surface area contributed by atoms with Crippen LogP contribution in [0.15, 0.2) is 30.5 Å². The maximum Gasteiger partial charge on any atom is 0.417 e. The SMILES string of the molecule is CS(=O)(=O)N1CCc2cc(C(=O)NCCNc3ncc(C(F)(F)F)cc3Cl)ccc21. The summed E-state index contributed by atoms with van der Waals surface area (Å²) in [5.41, 5.74) is 0.776. The van der Waals surface area contributed by atoms with Crippen molar-refractivity contribution in [1.29, 1.82) is 0 Å². The average molecular weight is 463 g/mol. The lowest BCUT2D eigenvalue weighted by Crippen LogP contribution is -2.29. The highest BCUT2D eigenvalue weighted by molar-refractivity contribution is 7.92. The largest absolute Gasteiger partial charge is 0.417 e. The Kier molecular flexibility index (Phi) is 6.14. The number of aromatic nitrogens is 1. The van der Waals surface area contributed by atoms with Gasteiger partial charge in [0.1, 0.15) is 5.82 Å². The van der Waals surface area contributed by atoms with Gasteiger partial charge in [-0.2, -0.15) is 13.2 Å². The number of nitrogens with zero attached hydrogens (tertiary/aromatic N) is 2. The van der Waals surface area contributed by atoms with Crippen LogP contribution in [0.5, 0.6) is 0 Å². The van der Waals surface area contributed by atoms with E-state index in [2.05, 4.69) is 15.6 Å². The second-order valence-corrected chi connectivity index (χ2v) is 8.98. The van der Waals surface area contributed by atoms with Crippen LogP contribution in [0, 0.1) is 0 Å². The molecule has 1 aromatic heterocycles. The molecule has 2 aromatic rings. The molecule has 1 aliphatic heterocycles. The number of fused-ring (bicyclic) bond motifs is 1. The standard InChI is InChI=1S/C18H18ClF3N4O3S/c1-30(28,29)26-7-4-11-8-12(2-3-15(11)26)17(27)24-6-5-23-16-14(19)9-13(10-25-16)18(20,21)22/h2-3,8-10H,4-7H2,1H3,(H,23,25)(H,24,27). The molecule has 0 spiro atoms. The highest BCUT2D eigenvalue weighted by Gasteiger charge is 2.31. The van der Waals surface area contributed by atoms with Crippen molar-refractivity contribution in [2.75, 3.05) is 35.5 Å². The molecule has 1 aromatic carbocycles. The molecule has 1 aliphatic rings. The van der Waals surface area contributed by atoms with Crippen LogP contribution in [0.3, 0.4) is 0 Å². The number of sulfonamides is 1. The van der Waals surface area contributed by atoms with Crippen molar-refractivity contribution >= 4 is 39.0 Å². The fraction of sp³-hybridized carbons (Fsp3) is 0.333. The predicted octanol–water partition coefficient (Wildman–Crippen LogP) is 2.92. The molecule has 0 aliphatic carbocycles. The van der Waals surface area contributed by atoms with E-state index >= 15 is 0 Å². The Hall–Kier alpha value is -2.53. The van der Waals surface area contributed by atoms with Crippen LogP contribution in [0.1, 0.15) is 21.5 Å². The number of amides is 1. The summed E-state index contributed by atoms with van der Waals surface area (Å²) < 4.78 is 62.7. The van der Waals surface area contributed by atoms with Gasteiger partial charge < -0.3 is 10.6 Å². The van der Waals surface area contributed by atoms with E-state index in [9.17, 15) is 26.4 Å². The van der Waals surface area contributed by atoms with Gasteiger partial charge in [0.15, 0.2) is 0 Å². The molecule has 2 heterocycles. The summed E-state index contributed by atoms with van der Waals surface area (Å²) in [5, 5.41) is 5.26. The number of carbonyl (C=O) groups is 1. The summed E-state index contributed by atoms with van der Waals surface area (Å²) in [6.07, 6.45) is -2.20. The Bertz CT molecular complexity index is 1080. The summed E-state index contributed by atoms with van der Waals surface area (Å²) >= 11 is 5.81. The van der Waals surface area contributed by atoms with E-state index in [-0.39, 0.29) is 29.8 Å². The quantitative estimate of drug-likeness (QED) is 0.644. The van der Waals surface area contributed by atoms with Gasteiger partial charge in [-0.05, 0) is 36.2 Å². The molecule has 3 rings (SSSR count). The Labute approximate surface area is 176 Å². The molecule has 0 saturated heterocycles. The smallest absolute Gasteiger partial charge is 0.367 e. The van der Waals surface area contributed by atoms with Gasteiger partial charge >= 0.3 is 6.18 Å². The number of benzene rings is 1. The number of rotatable bonds is 6. The van der Waals surface area contributed by atoms with Gasteiger partial charge in [0, 0.05) is 31.4 Å². The molecule has 0 radical (unpaired) electrons. The molecule has 162 valence electrons. The maximum atomic E-state index is 12.6. The fourth-order valence-corrected chi connectivity index (χ4v) is 4.23. The highest BCUT2D eigenvalue weighted by atomic mass is 35.5. The van der Waals surface area contributed by atoms with E-state index in [1.807, 2.05) is 0 Å². The first kappa shape index (κ1) is 22.2. The summed E-state index contributed by atoms with van der Waals surface area (Å²) in [4.78, 5) is 16.0. The molecule has 0 unspecified atom stereocenters. The molecular formula is C18H18ClF3N4O3S. The lowest BCUT2D eigenvalue weighted by atomic mass is 10.1. The van der Waals surface area contributed by atoms with Crippen LogP contribution in [0.25, 0.3) is 0 Å². The van der Waals surface area contributed by atoms with Crippen LogP contribution >= 0.6 is 11.6 Å². The Morgan fingerprint density at radius 3 is 2.63 bits per heavy atom. The van der Waals surface area contributed by atoms with Crippen LogP contribution in [-0.2, 0) is 22.6 Å². The van der Waals surface area contributed by atoms with Crippen LogP contribution in [0.2, 0.25) is 5.02 Å². The van der Waals surface area contributed by atoms with Crippen molar-refractivity contribution in [3.8, 4) is 0 Å². The first-order chi connectivity index (χ1) is 14.0. The molecule has 1 amide bonds. The van der Waals surface area contributed by atoms with Gasteiger partial charge in [-0.15, -0.1) is 0 Å². The van der Waals surface area contributed by atoms with E-state index in [0.717, 1.165) is 17.9 Å². The second-order valence-electron chi connectivity index (χ2n) is 6.66. The Morgan fingerprint density at radius 2 is 2.00 bits per heavy atom. The number of hydrogen-bond donors (Lipinski definition) is 2. The third kappa shape index (κ3) is 4.96. The zero-order chi connectivity index (χ0) is 22.1. The lowest BCUT2D eigenvalue weighted by Gasteiger charge is -2.16. The Morgan fingerprint density at radius 1 is 1.27 bits per heavy atom. The number of hydrogen-bond acceptors (Lipinski definition) is 5. The Balaban J connectivity index is 1.55. The summed E-state index contributed by atoms with van der Waals surface area (Å²) in [7, 11) is -3.36. The molecule has 0 bridgehead atoms. The zero-order valence-corrected chi connectivity index (χ0v) is 17.3. The lowest BCUT2D eigenvalue weighted by molar-refractivity contribution is -0.137. The molecule has 12 heteroatoms. The van der Waals surface area contributed by atoms with Crippen molar-refractivity contribution < 1.29 is 26.4 Å². The summed E-state index contributed by atoms with van der Waals surface area (Å²) in [5.74, 6) is -0.277. The minimum Gasteiger partial charge on any atom is -0.367 e. The van der Waals surface area contributed by atoms with Gasteiger partial charge in [-0.1, -0.05) is 11.6 Å². The number of carbonyl (C=O) groups excluding carboxylic acids is 1. The van der Waals surface area contributed by atoms with E-state index in [1.54, 1.807) is 18.2 Å². The normalized spacial score (nSPS) is 13.8. The molecule has 2 N–H and O–H groups in total. The third-order valence-corrected chi connectivity index (χ3v) is 5.93. The summed E-state index contributed by atoms with van der Waals surface area (Å²) in [6.45, 7) is 0.699. The number of anilines is 2. The molecule has 30 heavy (non-hydrogen) atoms. The first-order valence-electron chi connectivity index (χ1n) is 8.82. The molecule has 0 atom stereocenters. The second kappa shape index (κ2) is 8.31. The molecule has 0 fully saturated rings. The first-order valence-corrected chi connectivity index (χ1v) is 11.0. The third-order valence-electron chi connectivity index (χ3n) is 4.47. The number of pyridine rings is 1. The van der Waals surface area contributed by atoms with Crippen LogP contribution in [0.4, 0.5) is 24.7 Å². The molecular weight excluding hydrogens is 445 g/mol. The van der Waals surface area contributed by atoms with E-state index < -0.39 is 21.8 Å². The van der Waals surface area contributed by atoms with Crippen LogP contribution < -0.4 is 14.9 Å². The van der Waals surface area contributed by atoms with Crippen molar-refractivity contribution in [2.45, 2.75) is 12.6 Å². The van der Waals surface area contributed by atoms with E-state index in [0.29, 0.717) is 30.4 Å².